The number of nitrogens with one attached hydrogen (secondary N) is 1. The normalized spacial score (nSPS) is 30.3. The quantitative estimate of drug-likeness (QED) is 0.446. The maximum atomic E-state index is 10.4. The van der Waals surface area contributed by atoms with E-state index in [-0.39, 0.29) is 0 Å². The van der Waals surface area contributed by atoms with Crippen molar-refractivity contribution in [2.24, 2.45) is 0 Å². The molecule has 2 aromatic rings. The predicted molar refractivity (Wildman–Crippen MR) is 106 cm³/mol. The molecule has 6 heteroatoms. The Bertz CT molecular complexity index is 637. The van der Waals surface area contributed by atoms with Gasteiger partial charge in [0, 0.05) is 0 Å². The molecule has 0 aromatic heterocycles. The van der Waals surface area contributed by atoms with E-state index in [0.717, 1.165) is 17.5 Å². The summed E-state index contributed by atoms with van der Waals surface area (Å²) in [4.78, 5) is 0. The SMILES string of the molecule is OC1C(O)C(O)C(OCCc2ccccc2)C(NCCc2ccccc2)C1O. The van der Waals surface area contributed by atoms with Gasteiger partial charge < -0.3 is 30.5 Å². The molecule has 6 nitrogen and oxygen atoms in total. The van der Waals surface area contributed by atoms with Crippen LogP contribution in [0, 0.1) is 0 Å². The van der Waals surface area contributed by atoms with Crippen molar-refractivity contribution in [1.29, 1.82) is 0 Å². The molecule has 0 radical (unpaired) electrons. The first-order valence-corrected chi connectivity index (χ1v) is 9.73. The molecule has 1 saturated carbocycles. The average molecular weight is 387 g/mol. The Labute approximate surface area is 165 Å². The number of aliphatic hydroxyl groups excluding tert-OH is 4. The summed E-state index contributed by atoms with van der Waals surface area (Å²) in [5.74, 6) is 0. The number of aliphatic hydroxyl groups is 4. The first-order valence-electron chi connectivity index (χ1n) is 9.73. The maximum Gasteiger partial charge on any atom is 0.111 e. The van der Waals surface area contributed by atoms with Crippen LogP contribution in [0.15, 0.2) is 60.7 Å². The molecule has 2 aromatic carbocycles. The monoisotopic (exact) mass is 387 g/mol. The molecule has 0 amide bonds. The fraction of sp³-hybridized carbons (Fsp3) is 0.455. The van der Waals surface area contributed by atoms with Gasteiger partial charge in [-0.1, -0.05) is 60.7 Å². The minimum absolute atomic E-state index is 0.331. The first kappa shape index (κ1) is 20.9. The molecule has 3 rings (SSSR count). The van der Waals surface area contributed by atoms with Gasteiger partial charge in [0.15, 0.2) is 0 Å². The van der Waals surface area contributed by atoms with Gasteiger partial charge in [0.05, 0.1) is 12.6 Å². The second kappa shape index (κ2) is 10.1. The topological polar surface area (TPSA) is 102 Å². The summed E-state index contributed by atoms with van der Waals surface area (Å²) in [5, 5.41) is 44.2. The van der Waals surface area contributed by atoms with E-state index in [2.05, 4.69) is 5.32 Å². The zero-order valence-electron chi connectivity index (χ0n) is 15.8. The molecular formula is C22H29NO5. The van der Waals surface area contributed by atoms with Crippen molar-refractivity contribution in [3.8, 4) is 0 Å². The minimum Gasteiger partial charge on any atom is -0.389 e. The number of rotatable bonds is 8. The number of hydrogen-bond donors (Lipinski definition) is 5. The van der Waals surface area contributed by atoms with Crippen LogP contribution in [-0.2, 0) is 17.6 Å². The van der Waals surface area contributed by atoms with Crippen LogP contribution in [0.5, 0.6) is 0 Å². The van der Waals surface area contributed by atoms with E-state index in [1.807, 2.05) is 60.7 Å². The lowest BCUT2D eigenvalue weighted by molar-refractivity contribution is -0.202. The summed E-state index contributed by atoms with van der Waals surface area (Å²) < 4.78 is 5.86. The van der Waals surface area contributed by atoms with Gasteiger partial charge >= 0.3 is 0 Å². The Balaban J connectivity index is 1.60. The molecule has 152 valence electrons. The van der Waals surface area contributed by atoms with Crippen molar-refractivity contribution in [1.82, 2.24) is 5.32 Å². The number of benzene rings is 2. The van der Waals surface area contributed by atoms with E-state index >= 15 is 0 Å². The molecule has 1 aliphatic rings. The van der Waals surface area contributed by atoms with Crippen molar-refractivity contribution >= 4 is 0 Å². The zero-order chi connectivity index (χ0) is 19.9. The highest BCUT2D eigenvalue weighted by Crippen LogP contribution is 2.24. The average Bonchev–Trinajstić information content (AvgIpc) is 2.73. The molecule has 5 N–H and O–H groups in total. The highest BCUT2D eigenvalue weighted by atomic mass is 16.5. The molecule has 0 aliphatic heterocycles. The van der Waals surface area contributed by atoms with Crippen molar-refractivity contribution in [3.63, 3.8) is 0 Å². The summed E-state index contributed by atoms with van der Waals surface area (Å²) in [6, 6.07) is 19.0. The summed E-state index contributed by atoms with van der Waals surface area (Å²) in [6.07, 6.45) is -4.86. The molecule has 28 heavy (non-hydrogen) atoms. The molecular weight excluding hydrogens is 358 g/mol. The Morgan fingerprint density at radius 3 is 1.82 bits per heavy atom. The Morgan fingerprint density at radius 1 is 0.679 bits per heavy atom. The highest BCUT2D eigenvalue weighted by Gasteiger charge is 2.49. The molecule has 0 spiro atoms. The summed E-state index contributed by atoms with van der Waals surface area (Å²) >= 11 is 0. The molecule has 1 fully saturated rings. The molecule has 0 heterocycles. The van der Waals surface area contributed by atoms with E-state index in [1.54, 1.807) is 0 Å². The fourth-order valence-corrected chi connectivity index (χ4v) is 3.64. The Hall–Kier alpha value is -1.80. The van der Waals surface area contributed by atoms with Crippen LogP contribution in [0.2, 0.25) is 0 Å². The fourth-order valence-electron chi connectivity index (χ4n) is 3.64. The smallest absolute Gasteiger partial charge is 0.111 e. The summed E-state index contributed by atoms with van der Waals surface area (Å²) in [5.41, 5.74) is 2.24. The van der Waals surface area contributed by atoms with Gasteiger partial charge in [-0.3, -0.25) is 0 Å². The van der Waals surface area contributed by atoms with Crippen LogP contribution in [0.25, 0.3) is 0 Å². The van der Waals surface area contributed by atoms with Gasteiger partial charge in [-0.15, -0.1) is 0 Å². The number of hydrogen-bond acceptors (Lipinski definition) is 6. The van der Waals surface area contributed by atoms with Crippen molar-refractivity contribution in [2.75, 3.05) is 13.2 Å². The Morgan fingerprint density at radius 2 is 1.21 bits per heavy atom. The third-order valence-electron chi connectivity index (χ3n) is 5.29. The van der Waals surface area contributed by atoms with Gasteiger partial charge in [-0.2, -0.15) is 0 Å². The van der Waals surface area contributed by atoms with Crippen LogP contribution < -0.4 is 5.32 Å². The summed E-state index contributed by atoms with van der Waals surface area (Å²) in [6.45, 7) is 0.873. The van der Waals surface area contributed by atoms with E-state index in [9.17, 15) is 20.4 Å². The Kier molecular flexibility index (Phi) is 7.56. The summed E-state index contributed by atoms with van der Waals surface area (Å²) in [7, 11) is 0. The molecule has 0 bridgehead atoms. The van der Waals surface area contributed by atoms with Gasteiger partial charge in [0.2, 0.25) is 0 Å². The standard InChI is InChI=1S/C22H29NO5/c24-18-17(23-13-11-15-7-3-1-4-8-15)22(21(27)20(26)19(18)25)28-14-12-16-9-5-2-6-10-16/h1-10,17-27H,11-14H2. The second-order valence-corrected chi connectivity index (χ2v) is 7.25. The molecule has 6 unspecified atom stereocenters. The lowest BCUT2D eigenvalue weighted by atomic mass is 9.83. The van der Waals surface area contributed by atoms with Gasteiger partial charge in [-0.25, -0.2) is 0 Å². The van der Waals surface area contributed by atoms with E-state index in [1.165, 1.54) is 0 Å². The van der Waals surface area contributed by atoms with E-state index in [0.29, 0.717) is 19.6 Å². The van der Waals surface area contributed by atoms with Crippen LogP contribution in [0.4, 0.5) is 0 Å². The molecule has 0 saturated heterocycles. The van der Waals surface area contributed by atoms with Gasteiger partial charge in [0.25, 0.3) is 0 Å². The van der Waals surface area contributed by atoms with Crippen molar-refractivity contribution in [2.45, 2.75) is 49.4 Å². The number of ether oxygens (including phenoxy) is 1. The molecule has 1 aliphatic carbocycles. The van der Waals surface area contributed by atoms with E-state index < -0.39 is 36.6 Å². The lowest BCUT2D eigenvalue weighted by Crippen LogP contribution is -2.68. The van der Waals surface area contributed by atoms with Crippen LogP contribution in [0.3, 0.4) is 0 Å². The first-order chi connectivity index (χ1) is 13.6. The predicted octanol–water partition coefficient (Wildman–Crippen LogP) is 0.272. The molecule has 6 atom stereocenters. The third kappa shape index (κ3) is 5.17. The van der Waals surface area contributed by atoms with Gasteiger partial charge in [-0.05, 0) is 30.5 Å². The second-order valence-electron chi connectivity index (χ2n) is 7.25. The van der Waals surface area contributed by atoms with Gasteiger partial charge in [0.1, 0.15) is 30.5 Å². The van der Waals surface area contributed by atoms with Crippen LogP contribution in [-0.4, -0.2) is 70.1 Å². The third-order valence-corrected chi connectivity index (χ3v) is 5.29. The van der Waals surface area contributed by atoms with Crippen molar-refractivity contribution in [3.05, 3.63) is 71.8 Å². The largest absolute Gasteiger partial charge is 0.389 e. The maximum absolute atomic E-state index is 10.4. The highest BCUT2D eigenvalue weighted by molar-refractivity contribution is 5.16. The van der Waals surface area contributed by atoms with Crippen LogP contribution >= 0.6 is 0 Å². The van der Waals surface area contributed by atoms with E-state index in [4.69, 9.17) is 4.74 Å². The van der Waals surface area contributed by atoms with Crippen LogP contribution in [0.1, 0.15) is 11.1 Å². The van der Waals surface area contributed by atoms with Crippen molar-refractivity contribution < 1.29 is 25.2 Å². The zero-order valence-corrected chi connectivity index (χ0v) is 15.8. The lowest BCUT2D eigenvalue weighted by Gasteiger charge is -2.44. The minimum atomic E-state index is -1.45.